The lowest BCUT2D eigenvalue weighted by atomic mass is 10.0. The highest BCUT2D eigenvalue weighted by atomic mass is 16.5. The Morgan fingerprint density at radius 1 is 0.955 bits per heavy atom. The number of phenols is 4. The van der Waals surface area contributed by atoms with Crippen molar-refractivity contribution < 1.29 is 35.1 Å². The van der Waals surface area contributed by atoms with E-state index in [1.807, 2.05) is 0 Å². The first-order valence-electron chi connectivity index (χ1n) is 6.27. The number of aliphatic hydroxyl groups excluding tert-OH is 1. The molecule has 0 spiro atoms. The molecular weight excluding hydrogens is 292 g/mol. The van der Waals surface area contributed by atoms with Gasteiger partial charge >= 0.3 is 0 Å². The van der Waals surface area contributed by atoms with Crippen molar-refractivity contribution in [1.82, 2.24) is 0 Å². The molecule has 0 amide bonds. The Labute approximate surface area is 125 Å². The lowest BCUT2D eigenvalue weighted by molar-refractivity contribution is 0.0552. The van der Waals surface area contributed by atoms with Gasteiger partial charge in [-0.25, -0.2) is 0 Å². The summed E-state index contributed by atoms with van der Waals surface area (Å²) in [6.45, 7) is -0.158. The summed E-state index contributed by atoms with van der Waals surface area (Å²) in [5, 5.41) is 44.9. The summed E-state index contributed by atoms with van der Waals surface area (Å²) >= 11 is 0. The molecule has 2 aromatic rings. The fraction of sp³-hybridized carbons (Fsp3) is 0.133. The third-order valence-corrected chi connectivity index (χ3v) is 2.84. The minimum atomic E-state index is -1.25. The number of hydrogen-bond donors (Lipinski definition) is 5. The van der Waals surface area contributed by atoms with Crippen molar-refractivity contribution in [3.63, 3.8) is 0 Å². The number of fused-ring (bicyclic) bond motifs is 1. The van der Waals surface area contributed by atoms with E-state index in [-0.39, 0.29) is 40.9 Å². The SMILES string of the molecule is O=C1c2c(O)cc(O)cc2OC[C@H]1O.Oc1cccc(O)c1. The standard InChI is InChI=1S/C9H8O5.C6H6O2/c10-4-1-5(11)8-7(2-4)14-3-6(12)9(8)13;7-5-2-1-3-6(8)4-5/h1-2,6,10-12H,3H2;1-4,7-8H/t6-;/m1./s1. The van der Waals surface area contributed by atoms with Gasteiger partial charge in [0.2, 0.25) is 5.78 Å². The number of hydrogen-bond acceptors (Lipinski definition) is 7. The van der Waals surface area contributed by atoms with Crippen LogP contribution >= 0.6 is 0 Å². The maximum atomic E-state index is 11.4. The molecule has 22 heavy (non-hydrogen) atoms. The van der Waals surface area contributed by atoms with Crippen LogP contribution in [0.5, 0.6) is 28.7 Å². The topological polar surface area (TPSA) is 127 Å². The van der Waals surface area contributed by atoms with Crippen LogP contribution in [0.25, 0.3) is 0 Å². The molecular formula is C15H14O7. The molecule has 1 aliphatic heterocycles. The van der Waals surface area contributed by atoms with Crippen molar-refractivity contribution in [2.75, 3.05) is 6.61 Å². The summed E-state index contributed by atoms with van der Waals surface area (Å²) in [6, 6.07) is 8.10. The number of carbonyl (C=O) groups excluding carboxylic acids is 1. The van der Waals surface area contributed by atoms with Crippen LogP contribution in [-0.2, 0) is 0 Å². The summed E-state index contributed by atoms with van der Waals surface area (Å²) in [5.41, 5.74) is -0.0819. The molecule has 0 radical (unpaired) electrons. The highest BCUT2D eigenvalue weighted by Crippen LogP contribution is 2.35. The van der Waals surface area contributed by atoms with Crippen molar-refractivity contribution in [1.29, 1.82) is 0 Å². The molecule has 0 unspecified atom stereocenters. The van der Waals surface area contributed by atoms with Gasteiger partial charge in [0.25, 0.3) is 0 Å². The molecule has 5 N–H and O–H groups in total. The average molecular weight is 306 g/mol. The van der Waals surface area contributed by atoms with Gasteiger partial charge < -0.3 is 30.3 Å². The molecule has 0 aliphatic carbocycles. The minimum Gasteiger partial charge on any atom is -0.508 e. The molecule has 7 nitrogen and oxygen atoms in total. The molecule has 7 heteroatoms. The molecule has 0 aromatic heterocycles. The average Bonchev–Trinajstić information content (AvgIpc) is 2.43. The van der Waals surface area contributed by atoms with E-state index < -0.39 is 11.9 Å². The van der Waals surface area contributed by atoms with Crippen molar-refractivity contribution >= 4 is 5.78 Å². The van der Waals surface area contributed by atoms with Gasteiger partial charge in [-0.05, 0) is 12.1 Å². The first-order chi connectivity index (χ1) is 10.4. The summed E-state index contributed by atoms with van der Waals surface area (Å²) in [6.07, 6.45) is -1.25. The Bertz CT molecular complexity index is 679. The van der Waals surface area contributed by atoms with Gasteiger partial charge in [0, 0.05) is 18.2 Å². The smallest absolute Gasteiger partial charge is 0.202 e. The Morgan fingerprint density at radius 2 is 1.59 bits per heavy atom. The number of ketones is 1. The zero-order valence-corrected chi connectivity index (χ0v) is 11.3. The summed E-state index contributed by atoms with van der Waals surface area (Å²) < 4.78 is 4.98. The van der Waals surface area contributed by atoms with Gasteiger partial charge in [0.1, 0.15) is 40.9 Å². The second-order valence-corrected chi connectivity index (χ2v) is 4.55. The van der Waals surface area contributed by atoms with E-state index >= 15 is 0 Å². The number of rotatable bonds is 0. The number of carbonyl (C=O) groups is 1. The van der Waals surface area contributed by atoms with Crippen molar-refractivity contribution in [2.24, 2.45) is 0 Å². The van der Waals surface area contributed by atoms with Crippen LogP contribution < -0.4 is 4.74 Å². The predicted octanol–water partition coefficient (Wildman–Crippen LogP) is 1.13. The van der Waals surface area contributed by atoms with E-state index in [1.165, 1.54) is 24.3 Å². The number of phenolic OH excluding ortho intramolecular Hbond substituents is 4. The van der Waals surface area contributed by atoms with Crippen LogP contribution in [0, 0.1) is 0 Å². The van der Waals surface area contributed by atoms with Gasteiger partial charge in [-0.3, -0.25) is 4.79 Å². The van der Waals surface area contributed by atoms with E-state index in [2.05, 4.69) is 0 Å². The zero-order valence-electron chi connectivity index (χ0n) is 11.3. The van der Waals surface area contributed by atoms with E-state index in [4.69, 9.17) is 20.1 Å². The van der Waals surface area contributed by atoms with Crippen LogP contribution in [0.2, 0.25) is 0 Å². The number of aromatic hydroxyl groups is 4. The molecule has 1 aliphatic rings. The lowest BCUT2D eigenvalue weighted by Crippen LogP contribution is -2.32. The second kappa shape index (κ2) is 6.23. The Kier molecular flexibility index (Phi) is 4.38. The Balaban J connectivity index is 0.000000188. The number of benzene rings is 2. The van der Waals surface area contributed by atoms with Crippen molar-refractivity contribution in [3.8, 4) is 28.7 Å². The Morgan fingerprint density at radius 3 is 2.14 bits per heavy atom. The van der Waals surface area contributed by atoms with Crippen LogP contribution in [0.1, 0.15) is 10.4 Å². The molecule has 2 aromatic carbocycles. The maximum absolute atomic E-state index is 11.4. The van der Waals surface area contributed by atoms with Gasteiger partial charge in [0.15, 0.2) is 6.10 Å². The van der Waals surface area contributed by atoms with Crippen molar-refractivity contribution in [2.45, 2.75) is 6.10 Å². The largest absolute Gasteiger partial charge is 0.508 e. The van der Waals surface area contributed by atoms with Gasteiger partial charge in [-0.2, -0.15) is 0 Å². The number of Topliss-reactive ketones (excluding diaryl/α,β-unsaturated/α-hetero) is 1. The first-order valence-corrected chi connectivity index (χ1v) is 6.27. The first kappa shape index (κ1) is 15.5. The predicted molar refractivity (Wildman–Crippen MR) is 75.4 cm³/mol. The monoisotopic (exact) mass is 306 g/mol. The maximum Gasteiger partial charge on any atom is 0.202 e. The van der Waals surface area contributed by atoms with E-state index in [0.29, 0.717) is 0 Å². The van der Waals surface area contributed by atoms with Crippen LogP contribution in [-0.4, -0.2) is 44.0 Å². The van der Waals surface area contributed by atoms with Crippen LogP contribution in [0.3, 0.4) is 0 Å². The highest BCUT2D eigenvalue weighted by Gasteiger charge is 2.30. The molecule has 1 heterocycles. The third kappa shape index (κ3) is 3.39. The third-order valence-electron chi connectivity index (χ3n) is 2.84. The quantitative estimate of drug-likeness (QED) is 0.493. The fourth-order valence-electron chi connectivity index (χ4n) is 1.85. The molecule has 1 atom stereocenters. The summed E-state index contributed by atoms with van der Waals surface area (Å²) in [4.78, 5) is 11.4. The van der Waals surface area contributed by atoms with E-state index in [0.717, 1.165) is 6.07 Å². The molecule has 0 bridgehead atoms. The number of aliphatic hydroxyl groups is 1. The zero-order chi connectivity index (χ0) is 16.3. The molecule has 116 valence electrons. The molecule has 0 saturated heterocycles. The van der Waals surface area contributed by atoms with Gasteiger partial charge in [0.05, 0.1) is 0 Å². The van der Waals surface area contributed by atoms with Crippen LogP contribution in [0.4, 0.5) is 0 Å². The van der Waals surface area contributed by atoms with Gasteiger partial charge in [-0.15, -0.1) is 0 Å². The minimum absolute atomic E-state index is 0.0819. The lowest BCUT2D eigenvalue weighted by Gasteiger charge is -2.21. The summed E-state index contributed by atoms with van der Waals surface area (Å²) in [5.74, 6) is -0.897. The fourth-order valence-corrected chi connectivity index (χ4v) is 1.85. The van der Waals surface area contributed by atoms with Crippen molar-refractivity contribution in [3.05, 3.63) is 42.0 Å². The van der Waals surface area contributed by atoms with Crippen LogP contribution in [0.15, 0.2) is 36.4 Å². The summed E-state index contributed by atoms with van der Waals surface area (Å²) in [7, 11) is 0. The van der Waals surface area contributed by atoms with Gasteiger partial charge in [-0.1, -0.05) is 6.07 Å². The second-order valence-electron chi connectivity index (χ2n) is 4.55. The molecule has 3 rings (SSSR count). The molecule has 0 fully saturated rings. The van der Waals surface area contributed by atoms with E-state index in [9.17, 15) is 15.0 Å². The van der Waals surface area contributed by atoms with E-state index in [1.54, 1.807) is 6.07 Å². The normalized spacial score (nSPS) is 16.0. The number of ether oxygens (including phenoxy) is 1. The highest BCUT2D eigenvalue weighted by molar-refractivity contribution is 6.05. The molecule has 0 saturated carbocycles. The Hall–Kier alpha value is -2.93.